The van der Waals surface area contributed by atoms with Crippen molar-refractivity contribution in [1.82, 2.24) is 10.1 Å². The van der Waals surface area contributed by atoms with Gasteiger partial charge in [0, 0.05) is 7.11 Å². The van der Waals surface area contributed by atoms with E-state index in [-0.39, 0.29) is 12.0 Å². The summed E-state index contributed by atoms with van der Waals surface area (Å²) in [4.78, 5) is 15.6. The van der Waals surface area contributed by atoms with Crippen LogP contribution >= 0.6 is 0 Å². The van der Waals surface area contributed by atoms with E-state index in [0.717, 1.165) is 25.7 Å². The van der Waals surface area contributed by atoms with Crippen LogP contribution in [0.2, 0.25) is 0 Å². The molecule has 0 bridgehead atoms. The van der Waals surface area contributed by atoms with Crippen LogP contribution in [0.4, 0.5) is 0 Å². The quantitative estimate of drug-likeness (QED) is 0.883. The van der Waals surface area contributed by atoms with E-state index >= 15 is 0 Å². The Bertz CT molecular complexity index is 428. The molecule has 1 aromatic rings. The van der Waals surface area contributed by atoms with E-state index < -0.39 is 11.9 Å². The fraction of sp³-hybridized carbons (Fsp3) is 0.769. The molecular weight excluding hydrogens is 248 g/mol. The van der Waals surface area contributed by atoms with Crippen molar-refractivity contribution >= 4 is 5.97 Å². The normalized spacial score (nSPS) is 25.2. The molecule has 1 fully saturated rings. The summed E-state index contributed by atoms with van der Waals surface area (Å²) in [5.74, 6) is -0.401. The molecule has 1 saturated carbocycles. The zero-order valence-corrected chi connectivity index (χ0v) is 11.3. The van der Waals surface area contributed by atoms with Crippen molar-refractivity contribution in [2.45, 2.75) is 51.0 Å². The highest BCUT2D eigenvalue weighted by atomic mass is 16.5. The Balaban J connectivity index is 2.18. The van der Waals surface area contributed by atoms with Crippen molar-refractivity contribution in [3.8, 4) is 0 Å². The third-order valence-corrected chi connectivity index (χ3v) is 3.80. The van der Waals surface area contributed by atoms with Crippen LogP contribution in [-0.2, 0) is 9.53 Å². The van der Waals surface area contributed by atoms with Gasteiger partial charge in [-0.1, -0.05) is 24.9 Å². The first-order valence-corrected chi connectivity index (χ1v) is 6.76. The number of carboxylic acid groups (broad SMARTS) is 1. The van der Waals surface area contributed by atoms with Crippen LogP contribution in [0.3, 0.4) is 0 Å². The van der Waals surface area contributed by atoms with Gasteiger partial charge in [-0.05, 0) is 19.3 Å². The lowest BCUT2D eigenvalue weighted by Gasteiger charge is -2.25. The molecule has 3 unspecified atom stereocenters. The van der Waals surface area contributed by atoms with E-state index in [1.165, 1.54) is 0 Å². The first-order valence-electron chi connectivity index (χ1n) is 6.76. The molecule has 106 valence electrons. The maximum absolute atomic E-state index is 11.3. The van der Waals surface area contributed by atoms with Gasteiger partial charge in [0.15, 0.2) is 0 Å². The van der Waals surface area contributed by atoms with Gasteiger partial charge >= 0.3 is 5.97 Å². The van der Waals surface area contributed by atoms with Gasteiger partial charge in [-0.15, -0.1) is 0 Å². The number of hydrogen-bond donors (Lipinski definition) is 1. The number of hydrogen-bond acceptors (Lipinski definition) is 5. The fourth-order valence-corrected chi connectivity index (χ4v) is 2.71. The largest absolute Gasteiger partial charge is 0.481 e. The third kappa shape index (κ3) is 2.94. The predicted molar refractivity (Wildman–Crippen MR) is 66.7 cm³/mol. The number of rotatable bonds is 5. The van der Waals surface area contributed by atoms with E-state index in [1.807, 2.05) is 6.92 Å². The molecule has 6 heteroatoms. The molecule has 0 spiro atoms. The van der Waals surface area contributed by atoms with Gasteiger partial charge in [0.05, 0.1) is 11.8 Å². The van der Waals surface area contributed by atoms with E-state index in [2.05, 4.69) is 10.1 Å². The zero-order valence-electron chi connectivity index (χ0n) is 11.3. The standard InChI is InChI=1S/C13H20N2O4/c1-3-10(18-2)11-14-12(19-15-11)8-6-4-5-7-9(8)13(16)17/h8-10H,3-7H2,1-2H3,(H,16,17). The van der Waals surface area contributed by atoms with Crippen molar-refractivity contribution in [2.75, 3.05) is 7.11 Å². The zero-order chi connectivity index (χ0) is 13.8. The van der Waals surface area contributed by atoms with Crippen LogP contribution in [0.1, 0.15) is 62.8 Å². The second kappa shape index (κ2) is 6.14. The van der Waals surface area contributed by atoms with Crippen molar-refractivity contribution in [2.24, 2.45) is 5.92 Å². The summed E-state index contributed by atoms with van der Waals surface area (Å²) in [7, 11) is 1.60. The Labute approximate surface area is 112 Å². The summed E-state index contributed by atoms with van der Waals surface area (Å²) in [5, 5.41) is 13.2. The predicted octanol–water partition coefficient (Wildman–Crippen LogP) is 2.53. The average Bonchev–Trinajstić information content (AvgIpc) is 2.89. The molecule has 3 atom stereocenters. The van der Waals surface area contributed by atoms with E-state index in [0.29, 0.717) is 18.1 Å². The molecule has 0 amide bonds. The molecular formula is C13H20N2O4. The topological polar surface area (TPSA) is 85.5 Å². The number of nitrogens with zero attached hydrogens (tertiary/aromatic N) is 2. The summed E-state index contributed by atoms with van der Waals surface area (Å²) < 4.78 is 10.5. The summed E-state index contributed by atoms with van der Waals surface area (Å²) >= 11 is 0. The van der Waals surface area contributed by atoms with E-state index in [9.17, 15) is 9.90 Å². The molecule has 1 N–H and O–H groups in total. The second-order valence-electron chi connectivity index (χ2n) is 4.96. The summed E-state index contributed by atoms with van der Waals surface area (Å²) in [6.45, 7) is 1.98. The highest BCUT2D eigenvalue weighted by molar-refractivity contribution is 5.71. The Morgan fingerprint density at radius 1 is 1.53 bits per heavy atom. The van der Waals surface area contributed by atoms with Crippen LogP contribution in [-0.4, -0.2) is 28.3 Å². The van der Waals surface area contributed by atoms with Crippen molar-refractivity contribution in [1.29, 1.82) is 0 Å². The molecule has 19 heavy (non-hydrogen) atoms. The minimum absolute atomic E-state index is 0.165. The lowest BCUT2D eigenvalue weighted by molar-refractivity contribution is -0.143. The van der Waals surface area contributed by atoms with Crippen LogP contribution in [0.15, 0.2) is 4.52 Å². The Hall–Kier alpha value is -1.43. The summed E-state index contributed by atoms with van der Waals surface area (Å²) in [6, 6.07) is 0. The number of aliphatic carboxylic acids is 1. The number of methoxy groups -OCH3 is 1. The number of carboxylic acids is 1. The first kappa shape index (κ1) is 14.0. The molecule has 0 radical (unpaired) electrons. The Kier molecular flexibility index (Phi) is 4.52. The SMILES string of the molecule is CCC(OC)c1noc(C2CCCCC2C(=O)O)n1. The van der Waals surface area contributed by atoms with Gasteiger partial charge in [0.25, 0.3) is 0 Å². The number of carbonyl (C=O) groups is 1. The van der Waals surface area contributed by atoms with Gasteiger partial charge in [-0.25, -0.2) is 0 Å². The third-order valence-electron chi connectivity index (χ3n) is 3.80. The number of ether oxygens (including phenoxy) is 1. The van der Waals surface area contributed by atoms with Crippen LogP contribution in [0.25, 0.3) is 0 Å². The molecule has 1 aliphatic carbocycles. The highest BCUT2D eigenvalue weighted by Crippen LogP contribution is 2.37. The monoisotopic (exact) mass is 268 g/mol. The molecule has 2 rings (SSSR count). The van der Waals surface area contributed by atoms with Crippen LogP contribution in [0, 0.1) is 5.92 Å². The molecule has 0 aromatic carbocycles. The molecule has 0 saturated heterocycles. The van der Waals surface area contributed by atoms with Crippen LogP contribution < -0.4 is 0 Å². The average molecular weight is 268 g/mol. The maximum atomic E-state index is 11.3. The second-order valence-corrected chi connectivity index (χ2v) is 4.96. The molecule has 0 aliphatic heterocycles. The summed E-state index contributed by atoms with van der Waals surface area (Å²) in [5.41, 5.74) is 0. The van der Waals surface area contributed by atoms with Gasteiger partial charge < -0.3 is 14.4 Å². The van der Waals surface area contributed by atoms with Crippen molar-refractivity contribution < 1.29 is 19.2 Å². The Morgan fingerprint density at radius 2 is 2.26 bits per heavy atom. The molecule has 1 aromatic heterocycles. The van der Waals surface area contributed by atoms with Crippen LogP contribution in [0.5, 0.6) is 0 Å². The molecule has 6 nitrogen and oxygen atoms in total. The van der Waals surface area contributed by atoms with Gasteiger partial charge in [0.2, 0.25) is 11.7 Å². The lowest BCUT2D eigenvalue weighted by atomic mass is 9.79. The smallest absolute Gasteiger partial charge is 0.307 e. The highest BCUT2D eigenvalue weighted by Gasteiger charge is 2.36. The lowest BCUT2D eigenvalue weighted by Crippen LogP contribution is -2.25. The van der Waals surface area contributed by atoms with Gasteiger partial charge in [-0.3, -0.25) is 4.79 Å². The minimum atomic E-state index is -0.775. The number of aromatic nitrogens is 2. The van der Waals surface area contributed by atoms with Crippen molar-refractivity contribution in [3.63, 3.8) is 0 Å². The van der Waals surface area contributed by atoms with E-state index in [4.69, 9.17) is 9.26 Å². The Morgan fingerprint density at radius 3 is 2.89 bits per heavy atom. The maximum Gasteiger partial charge on any atom is 0.307 e. The van der Waals surface area contributed by atoms with E-state index in [1.54, 1.807) is 7.11 Å². The minimum Gasteiger partial charge on any atom is -0.481 e. The molecule has 1 heterocycles. The first-order chi connectivity index (χ1) is 9.17. The van der Waals surface area contributed by atoms with Gasteiger partial charge in [0.1, 0.15) is 6.10 Å². The van der Waals surface area contributed by atoms with Crippen molar-refractivity contribution in [3.05, 3.63) is 11.7 Å². The van der Waals surface area contributed by atoms with Gasteiger partial charge in [-0.2, -0.15) is 4.98 Å². The summed E-state index contributed by atoms with van der Waals surface area (Å²) in [6.07, 6.45) is 3.99. The molecule has 1 aliphatic rings. The fourth-order valence-electron chi connectivity index (χ4n) is 2.71.